The lowest BCUT2D eigenvalue weighted by Crippen LogP contribution is -2.12. The van der Waals surface area contributed by atoms with Crippen molar-refractivity contribution in [1.29, 1.82) is 5.26 Å². The third-order valence-electron chi connectivity index (χ3n) is 2.95. The Morgan fingerprint density at radius 2 is 2.06 bits per heavy atom. The van der Waals surface area contributed by atoms with E-state index in [2.05, 4.69) is 0 Å². The molecule has 2 rings (SSSR count). The molecule has 3 nitrogen and oxygen atoms in total. The molecular weight excluding hydrogens is 238 g/mol. The van der Waals surface area contributed by atoms with Gasteiger partial charge in [0.05, 0.1) is 29.9 Å². The Hall–Kier alpha value is -1.40. The summed E-state index contributed by atoms with van der Waals surface area (Å²) in [5.74, 6) is 1.08. The summed E-state index contributed by atoms with van der Waals surface area (Å²) >= 11 is 6.11. The topological polar surface area (TPSA) is 42.2 Å². The van der Waals surface area contributed by atoms with E-state index in [0.717, 1.165) is 12.8 Å². The largest absolute Gasteiger partial charge is 0.493 e. The lowest BCUT2D eigenvalue weighted by atomic mass is 10.2. The molecule has 0 radical (unpaired) electrons. The third-order valence-corrected chi connectivity index (χ3v) is 3.23. The standard InChI is InChI=1S/C13H14ClNO2/c1-16-12-7-9(8-15)6-11(14)13(12)17-10-4-2-3-5-10/h6-7,10H,2-5H2,1H3. The molecule has 1 aliphatic rings. The second kappa shape index (κ2) is 5.29. The maximum absolute atomic E-state index is 8.85. The molecule has 1 saturated carbocycles. The molecule has 0 heterocycles. The number of hydrogen-bond donors (Lipinski definition) is 0. The molecule has 1 aromatic carbocycles. The second-order valence-electron chi connectivity index (χ2n) is 4.13. The average Bonchev–Trinajstić information content (AvgIpc) is 2.84. The number of halogens is 1. The zero-order valence-corrected chi connectivity index (χ0v) is 10.5. The lowest BCUT2D eigenvalue weighted by molar-refractivity contribution is 0.201. The molecule has 0 amide bonds. The van der Waals surface area contributed by atoms with Gasteiger partial charge in [-0.1, -0.05) is 11.6 Å². The molecule has 17 heavy (non-hydrogen) atoms. The van der Waals surface area contributed by atoms with Crippen molar-refractivity contribution in [3.8, 4) is 17.6 Å². The van der Waals surface area contributed by atoms with E-state index in [1.807, 2.05) is 6.07 Å². The van der Waals surface area contributed by atoms with Crippen molar-refractivity contribution < 1.29 is 9.47 Å². The summed E-state index contributed by atoms with van der Waals surface area (Å²) in [6.07, 6.45) is 4.72. The second-order valence-corrected chi connectivity index (χ2v) is 4.53. The molecule has 0 atom stereocenters. The molecule has 0 aliphatic heterocycles. The van der Waals surface area contributed by atoms with Crippen LogP contribution in [-0.4, -0.2) is 13.2 Å². The van der Waals surface area contributed by atoms with Gasteiger partial charge in [0.2, 0.25) is 0 Å². The van der Waals surface area contributed by atoms with E-state index in [4.69, 9.17) is 26.3 Å². The van der Waals surface area contributed by atoms with Crippen LogP contribution in [0.4, 0.5) is 0 Å². The first kappa shape index (κ1) is 12.1. The van der Waals surface area contributed by atoms with Crippen molar-refractivity contribution in [2.24, 2.45) is 0 Å². The van der Waals surface area contributed by atoms with E-state index in [1.165, 1.54) is 12.8 Å². The van der Waals surface area contributed by atoms with Gasteiger partial charge < -0.3 is 9.47 Å². The van der Waals surface area contributed by atoms with Crippen LogP contribution < -0.4 is 9.47 Å². The molecule has 0 spiro atoms. The highest BCUT2D eigenvalue weighted by Crippen LogP contribution is 2.38. The quantitative estimate of drug-likeness (QED) is 0.825. The summed E-state index contributed by atoms with van der Waals surface area (Å²) < 4.78 is 11.1. The van der Waals surface area contributed by atoms with Crippen molar-refractivity contribution in [2.45, 2.75) is 31.8 Å². The van der Waals surface area contributed by atoms with Gasteiger partial charge in [0.1, 0.15) is 0 Å². The minimum Gasteiger partial charge on any atom is -0.493 e. The van der Waals surface area contributed by atoms with E-state index >= 15 is 0 Å². The Morgan fingerprint density at radius 3 is 2.65 bits per heavy atom. The van der Waals surface area contributed by atoms with Crippen LogP contribution in [0.15, 0.2) is 12.1 Å². The molecule has 0 saturated heterocycles. The van der Waals surface area contributed by atoms with Crippen molar-refractivity contribution in [1.82, 2.24) is 0 Å². The van der Waals surface area contributed by atoms with Crippen LogP contribution in [0.2, 0.25) is 5.02 Å². The predicted octanol–water partition coefficient (Wildman–Crippen LogP) is 3.54. The van der Waals surface area contributed by atoms with Gasteiger partial charge in [0, 0.05) is 6.07 Å². The third kappa shape index (κ3) is 2.65. The van der Waals surface area contributed by atoms with Gasteiger partial charge >= 0.3 is 0 Å². The Kier molecular flexibility index (Phi) is 3.75. The molecule has 1 aliphatic carbocycles. The Bertz CT molecular complexity index is 447. The summed E-state index contributed by atoms with van der Waals surface area (Å²) in [5, 5.41) is 9.29. The van der Waals surface area contributed by atoms with Gasteiger partial charge in [-0.25, -0.2) is 0 Å². The highest BCUT2D eigenvalue weighted by atomic mass is 35.5. The normalized spacial score (nSPS) is 15.6. The zero-order chi connectivity index (χ0) is 12.3. The number of rotatable bonds is 3. The number of benzene rings is 1. The molecular formula is C13H14ClNO2. The summed E-state index contributed by atoms with van der Waals surface area (Å²) in [6.45, 7) is 0. The molecule has 0 N–H and O–H groups in total. The van der Waals surface area contributed by atoms with Gasteiger partial charge in [-0.05, 0) is 31.7 Å². The fourth-order valence-electron chi connectivity index (χ4n) is 2.07. The smallest absolute Gasteiger partial charge is 0.180 e. The fraction of sp³-hybridized carbons (Fsp3) is 0.462. The van der Waals surface area contributed by atoms with Gasteiger partial charge in [-0.15, -0.1) is 0 Å². The fourth-order valence-corrected chi connectivity index (χ4v) is 2.33. The molecule has 0 bridgehead atoms. The highest BCUT2D eigenvalue weighted by Gasteiger charge is 2.20. The summed E-state index contributed by atoms with van der Waals surface area (Å²) in [6, 6.07) is 5.30. The van der Waals surface area contributed by atoms with E-state index in [9.17, 15) is 0 Å². The Labute approximate surface area is 106 Å². The van der Waals surface area contributed by atoms with Gasteiger partial charge in [-0.2, -0.15) is 5.26 Å². The lowest BCUT2D eigenvalue weighted by Gasteiger charge is -2.17. The van der Waals surface area contributed by atoms with Crippen LogP contribution in [0.3, 0.4) is 0 Å². The first-order chi connectivity index (χ1) is 8.24. The van der Waals surface area contributed by atoms with Crippen LogP contribution in [-0.2, 0) is 0 Å². The Balaban J connectivity index is 2.28. The van der Waals surface area contributed by atoms with E-state index < -0.39 is 0 Å². The number of hydrogen-bond acceptors (Lipinski definition) is 3. The number of methoxy groups -OCH3 is 1. The number of nitriles is 1. The molecule has 90 valence electrons. The average molecular weight is 252 g/mol. The van der Waals surface area contributed by atoms with E-state index in [-0.39, 0.29) is 6.10 Å². The molecule has 1 aromatic rings. The summed E-state index contributed by atoms with van der Waals surface area (Å²) in [4.78, 5) is 0. The van der Waals surface area contributed by atoms with E-state index in [1.54, 1.807) is 19.2 Å². The van der Waals surface area contributed by atoms with E-state index in [0.29, 0.717) is 22.1 Å². The number of ether oxygens (including phenoxy) is 2. The van der Waals surface area contributed by atoms with Crippen molar-refractivity contribution >= 4 is 11.6 Å². The molecule has 0 aromatic heterocycles. The van der Waals surface area contributed by atoms with Crippen LogP contribution in [0, 0.1) is 11.3 Å². The van der Waals surface area contributed by atoms with Crippen LogP contribution >= 0.6 is 11.6 Å². The summed E-state index contributed by atoms with van der Waals surface area (Å²) in [7, 11) is 1.55. The van der Waals surface area contributed by atoms with Crippen LogP contribution in [0.25, 0.3) is 0 Å². The first-order valence-electron chi connectivity index (χ1n) is 5.69. The summed E-state index contributed by atoms with van der Waals surface area (Å²) in [5.41, 5.74) is 0.477. The molecule has 4 heteroatoms. The molecule has 0 unspecified atom stereocenters. The highest BCUT2D eigenvalue weighted by molar-refractivity contribution is 6.32. The van der Waals surface area contributed by atoms with Gasteiger partial charge in [0.15, 0.2) is 11.5 Å². The number of nitrogens with zero attached hydrogens (tertiary/aromatic N) is 1. The maximum atomic E-state index is 8.85. The molecule has 1 fully saturated rings. The zero-order valence-electron chi connectivity index (χ0n) is 9.70. The van der Waals surface area contributed by atoms with Crippen LogP contribution in [0.5, 0.6) is 11.5 Å². The maximum Gasteiger partial charge on any atom is 0.180 e. The monoisotopic (exact) mass is 251 g/mol. The first-order valence-corrected chi connectivity index (χ1v) is 6.06. The van der Waals surface area contributed by atoms with Crippen molar-refractivity contribution in [3.63, 3.8) is 0 Å². The SMILES string of the molecule is COc1cc(C#N)cc(Cl)c1OC1CCCC1. The van der Waals surface area contributed by atoms with Gasteiger partial charge in [0.25, 0.3) is 0 Å². The van der Waals surface area contributed by atoms with Crippen LogP contribution in [0.1, 0.15) is 31.2 Å². The van der Waals surface area contributed by atoms with Crippen molar-refractivity contribution in [2.75, 3.05) is 7.11 Å². The van der Waals surface area contributed by atoms with Gasteiger partial charge in [-0.3, -0.25) is 0 Å². The Morgan fingerprint density at radius 1 is 1.35 bits per heavy atom. The minimum atomic E-state index is 0.217. The van der Waals surface area contributed by atoms with Crippen molar-refractivity contribution in [3.05, 3.63) is 22.7 Å². The predicted molar refractivity (Wildman–Crippen MR) is 65.6 cm³/mol. The minimum absolute atomic E-state index is 0.217.